The molecule has 3 nitrogen and oxygen atoms in total. The maximum Gasteiger partial charge on any atom is 0.127 e. The number of hydrogen-bond acceptors (Lipinski definition) is 4. The van der Waals surface area contributed by atoms with Crippen LogP contribution in [0.25, 0.3) is 0 Å². The van der Waals surface area contributed by atoms with Gasteiger partial charge >= 0.3 is 0 Å². The van der Waals surface area contributed by atoms with Crippen molar-refractivity contribution in [2.24, 2.45) is 0 Å². The molecule has 0 aliphatic carbocycles. The zero-order valence-electron chi connectivity index (χ0n) is 10.9. The van der Waals surface area contributed by atoms with Crippen LogP contribution in [0.5, 0.6) is 11.5 Å². The van der Waals surface area contributed by atoms with Crippen LogP contribution in [0.4, 0.5) is 0 Å². The summed E-state index contributed by atoms with van der Waals surface area (Å²) in [5.74, 6) is 3.86. The Morgan fingerprint density at radius 1 is 1.24 bits per heavy atom. The van der Waals surface area contributed by atoms with Crippen LogP contribution >= 0.6 is 11.8 Å². The summed E-state index contributed by atoms with van der Waals surface area (Å²) in [7, 11) is 5.35. The highest BCUT2D eigenvalue weighted by molar-refractivity contribution is 7.99. The monoisotopic (exact) mass is 255 g/mol. The molecule has 1 unspecified atom stereocenters. The van der Waals surface area contributed by atoms with Crippen molar-refractivity contribution in [3.63, 3.8) is 0 Å². The molecule has 0 saturated carbocycles. The van der Waals surface area contributed by atoms with Crippen LogP contribution in [-0.2, 0) is 0 Å². The number of methoxy groups -OCH3 is 2. The van der Waals surface area contributed by atoms with Crippen molar-refractivity contribution in [3.8, 4) is 11.5 Å². The van der Waals surface area contributed by atoms with E-state index < -0.39 is 0 Å². The van der Waals surface area contributed by atoms with E-state index in [1.165, 1.54) is 0 Å². The third-order valence-corrected chi connectivity index (χ3v) is 3.63. The molecule has 1 atom stereocenters. The molecular weight excluding hydrogens is 234 g/mol. The van der Waals surface area contributed by atoms with E-state index in [4.69, 9.17) is 9.47 Å². The lowest BCUT2D eigenvalue weighted by molar-refractivity contribution is 0.377. The zero-order chi connectivity index (χ0) is 12.7. The van der Waals surface area contributed by atoms with Gasteiger partial charge in [0.1, 0.15) is 11.5 Å². The summed E-state index contributed by atoms with van der Waals surface area (Å²) >= 11 is 1.90. The molecule has 0 bridgehead atoms. The molecule has 0 fully saturated rings. The van der Waals surface area contributed by atoms with Crippen molar-refractivity contribution in [1.82, 2.24) is 5.32 Å². The molecule has 0 spiro atoms. The molecule has 0 heterocycles. The van der Waals surface area contributed by atoms with E-state index in [1.54, 1.807) is 14.2 Å². The van der Waals surface area contributed by atoms with E-state index in [0.717, 1.165) is 28.6 Å². The Morgan fingerprint density at radius 2 is 1.82 bits per heavy atom. The minimum atomic E-state index is 0.242. The van der Waals surface area contributed by atoms with Crippen LogP contribution in [0.1, 0.15) is 18.5 Å². The predicted molar refractivity (Wildman–Crippen MR) is 74.3 cm³/mol. The lowest BCUT2D eigenvalue weighted by Gasteiger charge is -2.21. The van der Waals surface area contributed by atoms with E-state index in [0.29, 0.717) is 0 Å². The van der Waals surface area contributed by atoms with Crippen LogP contribution in [0, 0.1) is 0 Å². The molecule has 1 aromatic rings. The minimum Gasteiger partial charge on any atom is -0.496 e. The summed E-state index contributed by atoms with van der Waals surface area (Å²) in [6, 6.07) is 6.13. The third kappa shape index (κ3) is 3.54. The van der Waals surface area contributed by atoms with E-state index >= 15 is 0 Å². The average Bonchev–Trinajstić information content (AvgIpc) is 2.39. The molecule has 0 aliphatic heterocycles. The van der Waals surface area contributed by atoms with Gasteiger partial charge in [0.2, 0.25) is 0 Å². The summed E-state index contributed by atoms with van der Waals surface area (Å²) in [4.78, 5) is 0. The smallest absolute Gasteiger partial charge is 0.127 e. The second-order valence-electron chi connectivity index (χ2n) is 3.58. The fourth-order valence-corrected chi connectivity index (χ4v) is 2.57. The van der Waals surface area contributed by atoms with Gasteiger partial charge in [-0.25, -0.2) is 0 Å². The lowest BCUT2D eigenvalue weighted by atomic mass is 10.1. The van der Waals surface area contributed by atoms with Gasteiger partial charge in [0.25, 0.3) is 0 Å². The van der Waals surface area contributed by atoms with E-state index in [2.05, 4.69) is 12.2 Å². The van der Waals surface area contributed by atoms with Gasteiger partial charge < -0.3 is 14.8 Å². The van der Waals surface area contributed by atoms with Gasteiger partial charge in [-0.1, -0.05) is 13.0 Å². The Labute approximate surface area is 108 Å². The summed E-state index contributed by atoms with van der Waals surface area (Å²) in [6.07, 6.45) is 0. The minimum absolute atomic E-state index is 0.242. The highest BCUT2D eigenvalue weighted by Gasteiger charge is 2.19. The zero-order valence-corrected chi connectivity index (χ0v) is 11.8. The largest absolute Gasteiger partial charge is 0.496 e. The Kier molecular flexibility index (Phi) is 6.22. The van der Waals surface area contributed by atoms with Gasteiger partial charge in [0.15, 0.2) is 0 Å². The number of nitrogens with one attached hydrogen (secondary N) is 1. The molecule has 0 amide bonds. The van der Waals surface area contributed by atoms with Crippen molar-refractivity contribution in [2.45, 2.75) is 13.0 Å². The summed E-state index contributed by atoms with van der Waals surface area (Å²) in [6.45, 7) is 2.16. The fourth-order valence-electron chi connectivity index (χ4n) is 1.77. The quantitative estimate of drug-likeness (QED) is 0.811. The first kappa shape index (κ1) is 14.2. The molecule has 0 saturated heterocycles. The van der Waals surface area contributed by atoms with Gasteiger partial charge in [-0.2, -0.15) is 11.8 Å². The van der Waals surface area contributed by atoms with Gasteiger partial charge in [-0.3, -0.25) is 0 Å². The molecule has 1 aromatic carbocycles. The maximum absolute atomic E-state index is 5.42. The molecule has 0 aliphatic rings. The topological polar surface area (TPSA) is 30.5 Å². The molecule has 17 heavy (non-hydrogen) atoms. The van der Waals surface area contributed by atoms with Crippen molar-refractivity contribution in [1.29, 1.82) is 0 Å². The van der Waals surface area contributed by atoms with Crippen LogP contribution in [0.15, 0.2) is 18.2 Å². The highest BCUT2D eigenvalue weighted by Crippen LogP contribution is 2.35. The van der Waals surface area contributed by atoms with Crippen molar-refractivity contribution in [3.05, 3.63) is 23.8 Å². The van der Waals surface area contributed by atoms with Gasteiger partial charge in [-0.05, 0) is 24.9 Å². The summed E-state index contributed by atoms with van der Waals surface area (Å²) in [5, 5.41) is 3.32. The standard InChI is InChI=1S/C13H21NO2S/c1-5-17-9-10(14-2)13-11(15-3)7-6-8-12(13)16-4/h6-8,10,14H,5,9H2,1-4H3. The number of rotatable bonds is 7. The Bertz CT molecular complexity index is 322. The number of ether oxygens (including phenoxy) is 2. The average molecular weight is 255 g/mol. The van der Waals surface area contributed by atoms with Crippen LogP contribution < -0.4 is 14.8 Å². The highest BCUT2D eigenvalue weighted by atomic mass is 32.2. The summed E-state index contributed by atoms with van der Waals surface area (Å²) < 4.78 is 10.8. The molecule has 1 N–H and O–H groups in total. The second-order valence-corrected chi connectivity index (χ2v) is 4.90. The van der Waals surface area contributed by atoms with Crippen LogP contribution in [0.2, 0.25) is 0 Å². The first-order chi connectivity index (χ1) is 8.28. The Balaban J connectivity index is 3.05. The van der Waals surface area contributed by atoms with Crippen molar-refractivity contribution < 1.29 is 9.47 Å². The van der Waals surface area contributed by atoms with Gasteiger partial charge in [-0.15, -0.1) is 0 Å². The molecule has 4 heteroatoms. The fraction of sp³-hybridized carbons (Fsp3) is 0.538. The first-order valence-electron chi connectivity index (χ1n) is 5.74. The van der Waals surface area contributed by atoms with Gasteiger partial charge in [0, 0.05) is 11.8 Å². The molecule has 0 radical (unpaired) electrons. The van der Waals surface area contributed by atoms with Crippen molar-refractivity contribution >= 4 is 11.8 Å². The Morgan fingerprint density at radius 3 is 2.24 bits per heavy atom. The summed E-state index contributed by atoms with van der Waals surface area (Å²) in [5.41, 5.74) is 1.10. The molecular formula is C13H21NO2S. The van der Waals surface area contributed by atoms with Crippen LogP contribution in [0.3, 0.4) is 0 Å². The Hall–Kier alpha value is -0.870. The number of benzene rings is 1. The van der Waals surface area contributed by atoms with Crippen LogP contribution in [-0.4, -0.2) is 32.8 Å². The van der Waals surface area contributed by atoms with Crippen molar-refractivity contribution in [2.75, 3.05) is 32.8 Å². The number of thioether (sulfide) groups is 1. The van der Waals surface area contributed by atoms with Gasteiger partial charge in [0.05, 0.1) is 19.8 Å². The van der Waals surface area contributed by atoms with E-state index in [-0.39, 0.29) is 6.04 Å². The molecule has 0 aromatic heterocycles. The van der Waals surface area contributed by atoms with E-state index in [1.807, 2.05) is 37.0 Å². The first-order valence-corrected chi connectivity index (χ1v) is 6.89. The lowest BCUT2D eigenvalue weighted by Crippen LogP contribution is -2.20. The predicted octanol–water partition coefficient (Wildman–Crippen LogP) is 2.72. The van der Waals surface area contributed by atoms with E-state index in [9.17, 15) is 0 Å². The normalized spacial score (nSPS) is 12.2. The maximum atomic E-state index is 5.42. The number of hydrogen-bond donors (Lipinski definition) is 1. The molecule has 96 valence electrons. The SMILES string of the molecule is CCSCC(NC)c1c(OC)cccc1OC. The third-order valence-electron chi connectivity index (χ3n) is 2.65. The molecule has 1 rings (SSSR count). The second kappa shape index (κ2) is 7.45.